The number of hydrogen-bond donors (Lipinski definition) is 1. The number of likely N-dealkylation sites (tertiary alicyclic amines) is 1. The molecule has 0 aromatic heterocycles. The first kappa shape index (κ1) is 16.7. The highest BCUT2D eigenvalue weighted by Crippen LogP contribution is 2.25. The highest BCUT2D eigenvalue weighted by atomic mass is 19.4. The van der Waals surface area contributed by atoms with Crippen molar-refractivity contribution in [2.45, 2.75) is 37.9 Å². The van der Waals surface area contributed by atoms with Gasteiger partial charge >= 0.3 is 12.1 Å². The summed E-state index contributed by atoms with van der Waals surface area (Å²) in [5.41, 5.74) is 0. The molecule has 0 aromatic carbocycles. The molecule has 1 rings (SSSR count). The van der Waals surface area contributed by atoms with E-state index < -0.39 is 24.0 Å². The van der Waals surface area contributed by atoms with Gasteiger partial charge in [0.05, 0.1) is 0 Å². The second-order valence-electron chi connectivity index (χ2n) is 4.65. The van der Waals surface area contributed by atoms with Crippen LogP contribution in [0.2, 0.25) is 0 Å². The molecule has 0 radical (unpaired) electrons. The monoisotopic (exact) mass is 296 g/mol. The Hall–Kier alpha value is -1.31. The second kappa shape index (κ2) is 7.47. The third-order valence-corrected chi connectivity index (χ3v) is 3.13. The average Bonchev–Trinajstić information content (AvgIpc) is 2.85. The lowest BCUT2D eigenvalue weighted by atomic mass is 10.2. The van der Waals surface area contributed by atoms with Gasteiger partial charge in [0.15, 0.2) is 0 Å². The lowest BCUT2D eigenvalue weighted by Gasteiger charge is -2.24. The summed E-state index contributed by atoms with van der Waals surface area (Å²) >= 11 is 0. The summed E-state index contributed by atoms with van der Waals surface area (Å²) in [5.74, 6) is -2.45. The van der Waals surface area contributed by atoms with E-state index in [2.05, 4.69) is 5.32 Å². The molecule has 1 saturated heterocycles. The molecule has 1 fully saturated rings. The van der Waals surface area contributed by atoms with Crippen LogP contribution in [0.15, 0.2) is 0 Å². The van der Waals surface area contributed by atoms with Crippen LogP contribution in [0.5, 0.6) is 0 Å². The number of carbonyl (C=O) groups is 2. The van der Waals surface area contributed by atoms with Crippen LogP contribution in [0.4, 0.5) is 13.2 Å². The number of methoxy groups -OCH3 is 1. The first-order valence-corrected chi connectivity index (χ1v) is 6.52. The maximum atomic E-state index is 12.4. The molecule has 1 heterocycles. The molecular formula is C12H19F3N2O3. The maximum absolute atomic E-state index is 12.4. The molecule has 0 aromatic rings. The van der Waals surface area contributed by atoms with E-state index in [0.29, 0.717) is 30.9 Å². The van der Waals surface area contributed by atoms with Crippen LogP contribution in [0.25, 0.3) is 0 Å². The Morgan fingerprint density at radius 2 is 2.05 bits per heavy atom. The number of hydrogen-bond acceptors (Lipinski definition) is 3. The van der Waals surface area contributed by atoms with Crippen molar-refractivity contribution in [3.8, 4) is 0 Å². The first-order chi connectivity index (χ1) is 9.38. The summed E-state index contributed by atoms with van der Waals surface area (Å²) in [6.07, 6.45) is -2.82. The van der Waals surface area contributed by atoms with Crippen LogP contribution >= 0.6 is 0 Å². The minimum atomic E-state index is -4.93. The maximum Gasteiger partial charge on any atom is 0.471 e. The fourth-order valence-electron chi connectivity index (χ4n) is 2.15. The van der Waals surface area contributed by atoms with E-state index in [9.17, 15) is 22.8 Å². The van der Waals surface area contributed by atoms with Crippen molar-refractivity contribution in [3.05, 3.63) is 0 Å². The van der Waals surface area contributed by atoms with Gasteiger partial charge in [-0.1, -0.05) is 0 Å². The zero-order chi connectivity index (χ0) is 15.2. The molecular weight excluding hydrogens is 277 g/mol. The van der Waals surface area contributed by atoms with Gasteiger partial charge in [-0.25, -0.2) is 0 Å². The molecule has 1 atom stereocenters. The van der Waals surface area contributed by atoms with E-state index in [4.69, 9.17) is 4.74 Å². The van der Waals surface area contributed by atoms with Crippen LogP contribution in [0, 0.1) is 0 Å². The largest absolute Gasteiger partial charge is 0.471 e. The quantitative estimate of drug-likeness (QED) is 0.746. The molecule has 116 valence electrons. The van der Waals surface area contributed by atoms with Crippen molar-refractivity contribution in [2.24, 2.45) is 0 Å². The summed E-state index contributed by atoms with van der Waals surface area (Å²) in [6.45, 7) is 0.908. The lowest BCUT2D eigenvalue weighted by molar-refractivity contribution is -0.186. The Morgan fingerprint density at radius 3 is 2.65 bits per heavy atom. The highest BCUT2D eigenvalue weighted by molar-refractivity contribution is 5.90. The van der Waals surface area contributed by atoms with Crippen molar-refractivity contribution in [3.63, 3.8) is 0 Å². The van der Waals surface area contributed by atoms with Gasteiger partial charge in [-0.3, -0.25) is 9.59 Å². The van der Waals surface area contributed by atoms with Crippen molar-refractivity contribution in [1.29, 1.82) is 0 Å². The van der Waals surface area contributed by atoms with Gasteiger partial charge in [-0.2, -0.15) is 13.2 Å². The number of alkyl halides is 3. The molecule has 0 spiro atoms. The first-order valence-electron chi connectivity index (χ1n) is 6.52. The Kier molecular flexibility index (Phi) is 6.25. The van der Waals surface area contributed by atoms with Crippen molar-refractivity contribution < 1.29 is 27.5 Å². The van der Waals surface area contributed by atoms with Gasteiger partial charge in [0.25, 0.3) is 0 Å². The van der Waals surface area contributed by atoms with E-state index in [1.165, 1.54) is 0 Å². The topological polar surface area (TPSA) is 58.6 Å². The van der Waals surface area contributed by atoms with Gasteiger partial charge in [0.1, 0.15) is 6.04 Å². The van der Waals surface area contributed by atoms with Crippen molar-refractivity contribution in [1.82, 2.24) is 10.2 Å². The molecule has 0 aliphatic carbocycles. The van der Waals surface area contributed by atoms with E-state index in [1.54, 1.807) is 7.11 Å². The number of nitrogens with one attached hydrogen (secondary N) is 1. The molecule has 1 N–H and O–H groups in total. The van der Waals surface area contributed by atoms with Crippen molar-refractivity contribution >= 4 is 11.8 Å². The van der Waals surface area contributed by atoms with Crippen LogP contribution in [0.1, 0.15) is 25.7 Å². The minimum Gasteiger partial charge on any atom is -0.385 e. The summed E-state index contributed by atoms with van der Waals surface area (Å²) in [7, 11) is 1.57. The number of amides is 2. The number of ether oxygens (including phenoxy) is 1. The standard InChI is InChI=1S/C12H19F3N2O3/c1-20-8-3-2-6-16-10(18)9-5-4-7-17(9)11(19)12(13,14)15/h9H,2-8H2,1H3,(H,16,18). The molecule has 1 aliphatic heterocycles. The van der Waals surface area contributed by atoms with Gasteiger partial charge in [0.2, 0.25) is 5.91 Å². The van der Waals surface area contributed by atoms with E-state index >= 15 is 0 Å². The average molecular weight is 296 g/mol. The fourth-order valence-corrected chi connectivity index (χ4v) is 2.15. The van der Waals surface area contributed by atoms with Gasteiger partial charge in [-0.05, 0) is 25.7 Å². The van der Waals surface area contributed by atoms with Crippen molar-refractivity contribution in [2.75, 3.05) is 26.8 Å². The normalized spacial score (nSPS) is 19.2. The Morgan fingerprint density at radius 1 is 1.35 bits per heavy atom. The van der Waals surface area contributed by atoms with Crippen LogP contribution in [-0.4, -0.2) is 55.7 Å². The minimum absolute atomic E-state index is 0.0277. The molecule has 0 saturated carbocycles. The number of carbonyl (C=O) groups excluding carboxylic acids is 2. The summed E-state index contributed by atoms with van der Waals surface area (Å²) in [4.78, 5) is 23.6. The summed E-state index contributed by atoms with van der Waals surface area (Å²) in [6, 6.07) is -1.01. The number of halogens is 3. The van der Waals surface area contributed by atoms with E-state index in [1.807, 2.05) is 0 Å². The molecule has 0 bridgehead atoms. The van der Waals surface area contributed by atoms with Gasteiger partial charge in [0, 0.05) is 26.8 Å². The lowest BCUT2D eigenvalue weighted by Crippen LogP contribution is -2.50. The third-order valence-electron chi connectivity index (χ3n) is 3.13. The molecule has 1 aliphatic rings. The molecule has 20 heavy (non-hydrogen) atoms. The highest BCUT2D eigenvalue weighted by Gasteiger charge is 2.47. The predicted octanol–water partition coefficient (Wildman–Crippen LogP) is 1.08. The van der Waals surface area contributed by atoms with Crippen LogP contribution in [-0.2, 0) is 14.3 Å². The predicted molar refractivity (Wildman–Crippen MR) is 64.9 cm³/mol. The van der Waals surface area contributed by atoms with Crippen LogP contribution < -0.4 is 5.32 Å². The number of nitrogens with zero attached hydrogens (tertiary/aromatic N) is 1. The Bertz CT molecular complexity index is 347. The fraction of sp³-hybridized carbons (Fsp3) is 0.833. The number of rotatable bonds is 6. The van der Waals surface area contributed by atoms with Crippen LogP contribution in [0.3, 0.4) is 0 Å². The Labute approximate surface area is 115 Å². The number of unbranched alkanes of at least 4 members (excludes halogenated alkanes) is 1. The molecule has 8 heteroatoms. The van der Waals surface area contributed by atoms with Gasteiger partial charge in [-0.15, -0.1) is 0 Å². The molecule has 5 nitrogen and oxygen atoms in total. The molecule has 1 unspecified atom stereocenters. The molecule has 2 amide bonds. The Balaban J connectivity index is 2.44. The van der Waals surface area contributed by atoms with Gasteiger partial charge < -0.3 is 15.0 Å². The third kappa shape index (κ3) is 4.66. The zero-order valence-corrected chi connectivity index (χ0v) is 11.3. The smallest absolute Gasteiger partial charge is 0.385 e. The summed E-state index contributed by atoms with van der Waals surface area (Å²) < 4.78 is 42.0. The SMILES string of the molecule is COCCCCNC(=O)C1CCCN1C(=O)C(F)(F)F. The zero-order valence-electron chi connectivity index (χ0n) is 11.3. The van der Waals surface area contributed by atoms with E-state index in [-0.39, 0.29) is 13.0 Å². The van der Waals surface area contributed by atoms with E-state index in [0.717, 1.165) is 6.42 Å². The second-order valence-corrected chi connectivity index (χ2v) is 4.65. The summed E-state index contributed by atoms with van der Waals surface area (Å²) in [5, 5.41) is 2.56.